The average Bonchev–Trinajstić information content (AvgIpc) is 3.16. The lowest BCUT2D eigenvalue weighted by Crippen LogP contribution is -2.08. The van der Waals surface area contributed by atoms with Crippen molar-refractivity contribution in [3.8, 4) is 11.5 Å². The molecular weight excluding hydrogens is 370 g/mol. The van der Waals surface area contributed by atoms with Gasteiger partial charge in [-0.1, -0.05) is 42.5 Å². The van der Waals surface area contributed by atoms with Crippen molar-refractivity contribution in [1.29, 1.82) is 0 Å². The highest BCUT2D eigenvalue weighted by Gasteiger charge is 2.15. The van der Waals surface area contributed by atoms with Crippen molar-refractivity contribution in [1.82, 2.24) is 4.98 Å². The van der Waals surface area contributed by atoms with E-state index in [1.165, 1.54) is 24.3 Å². The van der Waals surface area contributed by atoms with E-state index in [2.05, 4.69) is 10.3 Å². The molecule has 29 heavy (non-hydrogen) atoms. The zero-order valence-electron chi connectivity index (χ0n) is 15.1. The molecule has 0 saturated heterocycles. The third-order valence-corrected chi connectivity index (χ3v) is 4.22. The Kier molecular flexibility index (Phi) is 4.86. The Labute approximate surface area is 165 Å². The minimum absolute atomic E-state index is 0.0761. The van der Waals surface area contributed by atoms with Gasteiger partial charge in [0.2, 0.25) is 11.8 Å². The van der Waals surface area contributed by atoms with Crippen molar-refractivity contribution in [2.75, 3.05) is 5.32 Å². The van der Waals surface area contributed by atoms with Crippen molar-refractivity contribution in [3.63, 3.8) is 0 Å². The van der Waals surface area contributed by atoms with Crippen LogP contribution in [0.5, 0.6) is 0 Å². The van der Waals surface area contributed by atoms with Gasteiger partial charge in [0.25, 0.3) is 5.69 Å². The highest BCUT2D eigenvalue weighted by atomic mass is 16.6. The van der Waals surface area contributed by atoms with Gasteiger partial charge < -0.3 is 9.73 Å². The number of fused-ring (bicyclic) bond motifs is 1. The van der Waals surface area contributed by atoms with E-state index < -0.39 is 4.92 Å². The number of benzene rings is 3. The fourth-order valence-electron chi connectivity index (χ4n) is 2.83. The predicted octanol–water partition coefficient (Wildman–Crippen LogP) is 5.05. The quantitative estimate of drug-likeness (QED) is 0.294. The number of non-ortho nitro benzene ring substituents is 1. The molecule has 0 aliphatic rings. The van der Waals surface area contributed by atoms with Gasteiger partial charge in [-0.3, -0.25) is 14.9 Å². The number of nitro groups is 1. The second-order valence-corrected chi connectivity index (χ2v) is 6.21. The maximum atomic E-state index is 12.3. The first-order chi connectivity index (χ1) is 14.1. The SMILES string of the molecule is O=C(C=Cc1ccccc1)Nc1ccccc1-c1nc2ccc([N+](=O)[O-])cc2o1. The standard InChI is InChI=1S/C22H15N3O4/c26-21(13-10-15-6-2-1-3-7-15)23-18-9-5-4-8-17(18)22-24-19-12-11-16(25(27)28)14-20(19)29-22/h1-14H,(H,23,26). The molecule has 0 atom stereocenters. The van der Waals surface area contributed by atoms with Crippen LogP contribution >= 0.6 is 0 Å². The second kappa shape index (κ2) is 7.77. The third-order valence-electron chi connectivity index (χ3n) is 4.22. The van der Waals surface area contributed by atoms with Crippen LogP contribution in [0.15, 0.2) is 83.3 Å². The molecule has 0 aliphatic heterocycles. The number of aromatic nitrogens is 1. The van der Waals surface area contributed by atoms with Gasteiger partial charge in [0.1, 0.15) is 5.52 Å². The number of oxazole rings is 1. The van der Waals surface area contributed by atoms with E-state index in [0.29, 0.717) is 22.4 Å². The van der Waals surface area contributed by atoms with Crippen LogP contribution in [0.4, 0.5) is 11.4 Å². The molecule has 3 aromatic carbocycles. The van der Waals surface area contributed by atoms with E-state index >= 15 is 0 Å². The van der Waals surface area contributed by atoms with Crippen LogP contribution in [0.25, 0.3) is 28.6 Å². The first-order valence-electron chi connectivity index (χ1n) is 8.79. The summed E-state index contributed by atoms with van der Waals surface area (Å²) in [6, 6.07) is 20.8. The molecule has 0 saturated carbocycles. The Morgan fingerprint density at radius 1 is 1.03 bits per heavy atom. The summed E-state index contributed by atoms with van der Waals surface area (Å²) in [5.41, 5.74) is 2.74. The first-order valence-corrected chi connectivity index (χ1v) is 8.79. The Morgan fingerprint density at radius 3 is 2.59 bits per heavy atom. The topological polar surface area (TPSA) is 98.3 Å². The molecule has 0 radical (unpaired) electrons. The van der Waals surface area contributed by atoms with Gasteiger partial charge in [-0.05, 0) is 29.8 Å². The van der Waals surface area contributed by atoms with E-state index in [9.17, 15) is 14.9 Å². The molecule has 0 fully saturated rings. The van der Waals surface area contributed by atoms with Crippen molar-refractivity contribution in [2.24, 2.45) is 0 Å². The Hall–Kier alpha value is -4.26. The lowest BCUT2D eigenvalue weighted by Gasteiger charge is -2.06. The summed E-state index contributed by atoms with van der Waals surface area (Å²) in [5, 5.41) is 13.8. The molecule has 4 aromatic rings. The largest absolute Gasteiger partial charge is 0.436 e. The van der Waals surface area contributed by atoms with Gasteiger partial charge in [0.05, 0.1) is 22.2 Å². The molecular formula is C22H15N3O4. The lowest BCUT2D eigenvalue weighted by molar-refractivity contribution is -0.384. The lowest BCUT2D eigenvalue weighted by atomic mass is 10.1. The van der Waals surface area contributed by atoms with Crippen LogP contribution in [0.1, 0.15) is 5.56 Å². The summed E-state index contributed by atoms with van der Waals surface area (Å²) in [6.07, 6.45) is 3.16. The summed E-state index contributed by atoms with van der Waals surface area (Å²) < 4.78 is 5.71. The maximum Gasteiger partial charge on any atom is 0.273 e. The highest BCUT2D eigenvalue weighted by Crippen LogP contribution is 2.31. The molecule has 1 aromatic heterocycles. The van der Waals surface area contributed by atoms with Gasteiger partial charge in [0.15, 0.2) is 5.58 Å². The molecule has 0 aliphatic carbocycles. The monoisotopic (exact) mass is 385 g/mol. The number of nitrogens with one attached hydrogen (secondary N) is 1. The van der Waals surface area contributed by atoms with Gasteiger partial charge in [-0.2, -0.15) is 0 Å². The van der Waals surface area contributed by atoms with Crippen molar-refractivity contribution < 1.29 is 14.1 Å². The van der Waals surface area contributed by atoms with Crippen LogP contribution in [-0.4, -0.2) is 15.8 Å². The first kappa shape index (κ1) is 18.1. The van der Waals surface area contributed by atoms with Crippen LogP contribution in [0.3, 0.4) is 0 Å². The minimum Gasteiger partial charge on any atom is -0.436 e. The Balaban J connectivity index is 1.61. The van der Waals surface area contributed by atoms with Gasteiger partial charge >= 0.3 is 0 Å². The molecule has 1 N–H and O–H groups in total. The molecule has 7 heteroatoms. The zero-order chi connectivity index (χ0) is 20.2. The molecule has 1 amide bonds. The minimum atomic E-state index is -0.491. The highest BCUT2D eigenvalue weighted by molar-refractivity contribution is 6.04. The van der Waals surface area contributed by atoms with Crippen LogP contribution < -0.4 is 5.32 Å². The van der Waals surface area contributed by atoms with E-state index in [4.69, 9.17) is 4.42 Å². The van der Waals surface area contributed by atoms with E-state index in [1.807, 2.05) is 30.3 Å². The number of rotatable bonds is 5. The van der Waals surface area contributed by atoms with Crippen LogP contribution in [0.2, 0.25) is 0 Å². The Bertz CT molecular complexity index is 1230. The van der Waals surface area contributed by atoms with Crippen LogP contribution in [-0.2, 0) is 4.79 Å². The van der Waals surface area contributed by atoms with E-state index in [-0.39, 0.29) is 17.5 Å². The normalized spacial score (nSPS) is 11.0. The summed E-state index contributed by atoms with van der Waals surface area (Å²) in [4.78, 5) is 27.2. The number of anilines is 1. The summed E-state index contributed by atoms with van der Waals surface area (Å²) in [7, 11) is 0. The predicted molar refractivity (Wildman–Crippen MR) is 110 cm³/mol. The van der Waals surface area contributed by atoms with Gasteiger partial charge in [-0.25, -0.2) is 4.98 Å². The molecule has 0 spiro atoms. The maximum absolute atomic E-state index is 12.3. The number of carbonyl (C=O) groups is 1. The number of hydrogen-bond acceptors (Lipinski definition) is 5. The fourth-order valence-corrected chi connectivity index (χ4v) is 2.83. The van der Waals surface area contributed by atoms with E-state index in [1.54, 1.807) is 30.3 Å². The van der Waals surface area contributed by atoms with Crippen LogP contribution in [0, 0.1) is 10.1 Å². The Morgan fingerprint density at radius 2 is 1.79 bits per heavy atom. The van der Waals surface area contributed by atoms with Crippen molar-refractivity contribution in [2.45, 2.75) is 0 Å². The molecule has 142 valence electrons. The van der Waals surface area contributed by atoms with Crippen molar-refractivity contribution >= 4 is 34.5 Å². The number of nitro benzene ring substituents is 1. The molecule has 1 heterocycles. The summed E-state index contributed by atoms with van der Waals surface area (Å²) >= 11 is 0. The van der Waals surface area contributed by atoms with E-state index in [0.717, 1.165) is 5.56 Å². The summed E-state index contributed by atoms with van der Waals surface area (Å²) in [5.74, 6) is -0.0310. The molecule has 7 nitrogen and oxygen atoms in total. The number of nitrogens with zero attached hydrogens (tertiary/aromatic N) is 2. The molecule has 4 rings (SSSR count). The summed E-state index contributed by atoms with van der Waals surface area (Å²) in [6.45, 7) is 0. The fraction of sp³-hybridized carbons (Fsp3) is 0. The molecule has 0 unspecified atom stereocenters. The van der Waals surface area contributed by atoms with Crippen molar-refractivity contribution in [3.05, 3.63) is 94.6 Å². The number of amides is 1. The van der Waals surface area contributed by atoms with Gasteiger partial charge in [0, 0.05) is 12.1 Å². The number of para-hydroxylation sites is 1. The smallest absolute Gasteiger partial charge is 0.273 e. The molecule has 0 bridgehead atoms. The second-order valence-electron chi connectivity index (χ2n) is 6.21. The van der Waals surface area contributed by atoms with Gasteiger partial charge in [-0.15, -0.1) is 0 Å². The zero-order valence-corrected chi connectivity index (χ0v) is 15.1. The average molecular weight is 385 g/mol. The number of carbonyl (C=O) groups excluding carboxylic acids is 1. The number of hydrogen-bond donors (Lipinski definition) is 1. The third kappa shape index (κ3) is 4.03.